The van der Waals surface area contributed by atoms with Crippen molar-refractivity contribution < 1.29 is 14.6 Å². The molecule has 6 nitrogen and oxygen atoms in total. The average molecular weight is 496 g/mol. The van der Waals surface area contributed by atoms with Crippen molar-refractivity contribution in [3.8, 4) is 22.8 Å². The maximum Gasteiger partial charge on any atom is 0.273 e. The van der Waals surface area contributed by atoms with Crippen LogP contribution in [0.1, 0.15) is 65.8 Å². The van der Waals surface area contributed by atoms with Gasteiger partial charge in [0.15, 0.2) is 0 Å². The number of hydrogen-bond donors (Lipinski definition) is 2. The van der Waals surface area contributed by atoms with E-state index in [-0.39, 0.29) is 17.7 Å². The number of hydrogen-bond acceptors (Lipinski definition) is 4. The third-order valence-corrected chi connectivity index (χ3v) is 6.97. The van der Waals surface area contributed by atoms with E-state index in [9.17, 15) is 9.90 Å². The monoisotopic (exact) mass is 495 g/mol. The van der Waals surface area contributed by atoms with Crippen LogP contribution in [0.15, 0.2) is 78.9 Å². The van der Waals surface area contributed by atoms with Gasteiger partial charge in [-0.3, -0.25) is 9.89 Å². The zero-order valence-corrected chi connectivity index (χ0v) is 21.2. The van der Waals surface area contributed by atoms with E-state index >= 15 is 0 Å². The Morgan fingerprint density at radius 2 is 1.70 bits per heavy atom. The molecule has 0 unspecified atom stereocenters. The van der Waals surface area contributed by atoms with Crippen molar-refractivity contribution in [3.63, 3.8) is 0 Å². The lowest BCUT2D eigenvalue weighted by molar-refractivity contribution is 0.0746. The van der Waals surface area contributed by atoms with Gasteiger partial charge in [-0.15, -0.1) is 0 Å². The van der Waals surface area contributed by atoms with Crippen molar-refractivity contribution >= 4 is 5.91 Å². The summed E-state index contributed by atoms with van der Waals surface area (Å²) in [6.07, 6.45) is 5.39. The smallest absolute Gasteiger partial charge is 0.273 e. The van der Waals surface area contributed by atoms with Crippen molar-refractivity contribution in [2.75, 3.05) is 13.2 Å². The van der Waals surface area contributed by atoms with Crippen LogP contribution in [-0.2, 0) is 6.42 Å². The molecule has 0 fully saturated rings. The summed E-state index contributed by atoms with van der Waals surface area (Å²) in [7, 11) is 0. The Balaban J connectivity index is 1.45. The number of fused-ring (bicyclic) bond motifs is 1. The first-order chi connectivity index (χ1) is 18.2. The number of carbonyl (C=O) groups is 1. The maximum absolute atomic E-state index is 13.6. The first-order valence-corrected chi connectivity index (χ1v) is 13.1. The Morgan fingerprint density at radius 1 is 0.946 bits per heavy atom. The van der Waals surface area contributed by atoms with Gasteiger partial charge in [-0.2, -0.15) is 5.10 Å². The number of ether oxygens (including phenoxy) is 1. The summed E-state index contributed by atoms with van der Waals surface area (Å²) in [6, 6.07) is 25.0. The summed E-state index contributed by atoms with van der Waals surface area (Å²) in [6.45, 7) is 3.46. The quantitative estimate of drug-likeness (QED) is 0.232. The number of rotatable bonds is 11. The van der Waals surface area contributed by atoms with Gasteiger partial charge in [0.05, 0.1) is 12.6 Å². The SMILES string of the molecule is CCCCCCOc1ccc([C@@H]2c3c(-c4ccccc4O)n[nH]c3C(=O)N2CCc2ccccc2)cc1. The number of para-hydroxylation sites is 1. The van der Waals surface area contributed by atoms with Crippen molar-refractivity contribution in [2.45, 2.75) is 45.1 Å². The maximum atomic E-state index is 13.6. The number of H-pyrrole nitrogens is 1. The molecule has 0 saturated heterocycles. The number of unbranched alkanes of at least 4 members (excludes halogenated alkanes) is 3. The van der Waals surface area contributed by atoms with Crippen LogP contribution in [0.3, 0.4) is 0 Å². The lowest BCUT2D eigenvalue weighted by atomic mass is 9.95. The molecule has 1 amide bonds. The molecule has 0 bridgehead atoms. The van der Waals surface area contributed by atoms with Crippen LogP contribution in [0.25, 0.3) is 11.3 Å². The number of amides is 1. The number of nitrogens with zero attached hydrogens (tertiary/aromatic N) is 2. The molecule has 0 spiro atoms. The highest BCUT2D eigenvalue weighted by Gasteiger charge is 2.42. The Morgan fingerprint density at radius 3 is 2.46 bits per heavy atom. The van der Waals surface area contributed by atoms with E-state index < -0.39 is 0 Å². The Bertz CT molecular complexity index is 1330. The van der Waals surface area contributed by atoms with Crippen molar-refractivity contribution in [3.05, 3.63) is 101 Å². The van der Waals surface area contributed by atoms with Crippen LogP contribution in [0.4, 0.5) is 0 Å². The standard InChI is InChI=1S/C31H33N3O3/c1-2-3-4-10-21-37-24-17-15-23(16-18-24)30-27-28(25-13-8-9-14-26(25)35)32-33-29(27)31(36)34(30)20-19-22-11-6-5-7-12-22/h5-9,11-18,30,35H,2-4,10,19-21H2,1H3,(H,32,33)/t30-/m1/s1. The Kier molecular flexibility index (Phi) is 7.54. The number of phenols is 1. The van der Waals surface area contributed by atoms with Crippen LogP contribution in [-0.4, -0.2) is 39.3 Å². The zero-order valence-electron chi connectivity index (χ0n) is 21.2. The molecule has 4 aromatic rings. The fraction of sp³-hybridized carbons (Fsp3) is 0.290. The summed E-state index contributed by atoms with van der Waals surface area (Å²) in [5.41, 5.74) is 4.65. The summed E-state index contributed by atoms with van der Waals surface area (Å²) >= 11 is 0. The third-order valence-electron chi connectivity index (χ3n) is 6.97. The lowest BCUT2D eigenvalue weighted by Gasteiger charge is -2.26. The third kappa shape index (κ3) is 5.24. The van der Waals surface area contributed by atoms with Gasteiger partial charge in [-0.05, 0) is 48.2 Å². The minimum absolute atomic E-state index is 0.0821. The van der Waals surface area contributed by atoms with E-state index in [2.05, 4.69) is 29.3 Å². The van der Waals surface area contributed by atoms with Crippen LogP contribution >= 0.6 is 0 Å². The first kappa shape index (κ1) is 24.6. The molecule has 1 atom stereocenters. The number of aromatic amines is 1. The number of phenolic OH excluding ortho intramolecular Hbond substituents is 1. The molecule has 6 heteroatoms. The van der Waals surface area contributed by atoms with Gasteiger partial charge < -0.3 is 14.7 Å². The topological polar surface area (TPSA) is 78.5 Å². The molecule has 0 saturated carbocycles. The fourth-order valence-corrected chi connectivity index (χ4v) is 5.01. The highest BCUT2D eigenvalue weighted by Crippen LogP contribution is 2.44. The minimum Gasteiger partial charge on any atom is -0.507 e. The van der Waals surface area contributed by atoms with Crippen molar-refractivity contribution in [2.24, 2.45) is 0 Å². The zero-order chi connectivity index (χ0) is 25.6. The molecule has 3 aromatic carbocycles. The number of aromatic nitrogens is 2. The summed E-state index contributed by atoms with van der Waals surface area (Å²) < 4.78 is 5.95. The second-order valence-corrected chi connectivity index (χ2v) is 9.49. The average Bonchev–Trinajstić information content (AvgIpc) is 3.47. The molecule has 1 aliphatic heterocycles. The van der Waals surface area contributed by atoms with Gasteiger partial charge >= 0.3 is 0 Å². The minimum atomic E-state index is -0.321. The van der Waals surface area contributed by atoms with Crippen molar-refractivity contribution in [1.82, 2.24) is 15.1 Å². The Labute approximate surface area is 217 Å². The summed E-state index contributed by atoms with van der Waals surface area (Å²) in [5.74, 6) is 0.882. The van der Waals surface area contributed by atoms with E-state index in [0.29, 0.717) is 30.1 Å². The molecule has 2 heterocycles. The van der Waals surface area contributed by atoms with Crippen LogP contribution in [0.5, 0.6) is 11.5 Å². The lowest BCUT2D eigenvalue weighted by Crippen LogP contribution is -2.31. The van der Waals surface area contributed by atoms with Crippen molar-refractivity contribution in [1.29, 1.82) is 0 Å². The molecule has 0 radical (unpaired) electrons. The number of nitrogens with one attached hydrogen (secondary N) is 1. The summed E-state index contributed by atoms with van der Waals surface area (Å²) in [5, 5.41) is 18.0. The number of aromatic hydroxyl groups is 1. The highest BCUT2D eigenvalue weighted by molar-refractivity contribution is 6.00. The molecule has 37 heavy (non-hydrogen) atoms. The fourth-order valence-electron chi connectivity index (χ4n) is 5.01. The first-order valence-electron chi connectivity index (χ1n) is 13.1. The predicted octanol–water partition coefficient (Wildman–Crippen LogP) is 6.53. The molecule has 0 aliphatic carbocycles. The predicted molar refractivity (Wildman–Crippen MR) is 145 cm³/mol. The van der Waals surface area contributed by atoms with E-state index in [1.807, 2.05) is 59.5 Å². The highest BCUT2D eigenvalue weighted by atomic mass is 16.5. The molecule has 190 valence electrons. The van der Waals surface area contributed by atoms with Crippen LogP contribution < -0.4 is 4.74 Å². The second kappa shape index (κ2) is 11.3. The van der Waals surface area contributed by atoms with E-state index in [1.54, 1.807) is 12.1 Å². The van der Waals surface area contributed by atoms with Gasteiger partial charge in [0, 0.05) is 17.7 Å². The van der Waals surface area contributed by atoms with Gasteiger partial charge in [-0.25, -0.2) is 0 Å². The van der Waals surface area contributed by atoms with Crippen LogP contribution in [0.2, 0.25) is 0 Å². The molecular weight excluding hydrogens is 462 g/mol. The van der Waals surface area contributed by atoms with E-state index in [0.717, 1.165) is 29.7 Å². The molecule has 1 aromatic heterocycles. The van der Waals surface area contributed by atoms with Gasteiger partial charge in [-0.1, -0.05) is 80.8 Å². The van der Waals surface area contributed by atoms with Crippen LogP contribution in [0, 0.1) is 0 Å². The largest absolute Gasteiger partial charge is 0.507 e. The van der Waals surface area contributed by atoms with E-state index in [1.165, 1.54) is 24.8 Å². The molecule has 2 N–H and O–H groups in total. The molecule has 1 aliphatic rings. The Hall–Kier alpha value is -4.06. The molecule has 5 rings (SSSR count). The van der Waals surface area contributed by atoms with Gasteiger partial charge in [0.2, 0.25) is 0 Å². The van der Waals surface area contributed by atoms with Gasteiger partial charge in [0.1, 0.15) is 22.9 Å². The molecular formula is C31H33N3O3. The van der Waals surface area contributed by atoms with Gasteiger partial charge in [0.25, 0.3) is 5.91 Å². The second-order valence-electron chi connectivity index (χ2n) is 9.49. The normalized spacial score (nSPS) is 14.7. The van der Waals surface area contributed by atoms with E-state index in [4.69, 9.17) is 4.74 Å². The number of benzene rings is 3. The summed E-state index contributed by atoms with van der Waals surface area (Å²) in [4.78, 5) is 15.5. The number of carbonyl (C=O) groups excluding carboxylic acids is 1.